The second-order valence-corrected chi connectivity index (χ2v) is 4.14. The SMILES string of the molecule is C=C/C(CC)=C(/C=C\C)C(=O)c1ccccc1C. The number of rotatable bonds is 5. The fourth-order valence-corrected chi connectivity index (χ4v) is 1.91. The van der Waals surface area contributed by atoms with Crippen molar-refractivity contribution in [1.29, 1.82) is 0 Å². The van der Waals surface area contributed by atoms with Crippen LogP contribution < -0.4 is 0 Å². The van der Waals surface area contributed by atoms with Crippen LogP contribution >= 0.6 is 0 Å². The summed E-state index contributed by atoms with van der Waals surface area (Å²) in [5.74, 6) is 0.0722. The van der Waals surface area contributed by atoms with E-state index in [0.29, 0.717) is 0 Å². The molecule has 1 rings (SSSR count). The van der Waals surface area contributed by atoms with Crippen molar-refractivity contribution in [2.24, 2.45) is 0 Å². The minimum absolute atomic E-state index is 0.0722. The second kappa shape index (κ2) is 6.75. The molecule has 0 aliphatic heterocycles. The maximum absolute atomic E-state index is 12.6. The van der Waals surface area contributed by atoms with Gasteiger partial charge >= 0.3 is 0 Å². The molecule has 0 aliphatic carbocycles. The molecule has 0 aromatic heterocycles. The van der Waals surface area contributed by atoms with Gasteiger partial charge in [0.2, 0.25) is 0 Å². The zero-order valence-electron chi connectivity index (χ0n) is 11.4. The molecule has 94 valence electrons. The summed E-state index contributed by atoms with van der Waals surface area (Å²) in [6.07, 6.45) is 6.34. The first-order valence-corrected chi connectivity index (χ1v) is 6.24. The normalized spacial score (nSPS) is 12.4. The van der Waals surface area contributed by atoms with Gasteiger partial charge in [-0.1, -0.05) is 56.0 Å². The fourth-order valence-electron chi connectivity index (χ4n) is 1.91. The summed E-state index contributed by atoms with van der Waals surface area (Å²) in [6.45, 7) is 9.70. The van der Waals surface area contributed by atoms with Crippen molar-refractivity contribution >= 4 is 5.78 Å². The Labute approximate surface area is 110 Å². The predicted molar refractivity (Wildman–Crippen MR) is 77.8 cm³/mol. The minimum Gasteiger partial charge on any atom is -0.289 e. The summed E-state index contributed by atoms with van der Waals surface area (Å²) in [4.78, 5) is 12.6. The lowest BCUT2D eigenvalue weighted by Gasteiger charge is -2.09. The van der Waals surface area contributed by atoms with Crippen molar-refractivity contribution in [1.82, 2.24) is 0 Å². The predicted octanol–water partition coefficient (Wildman–Crippen LogP) is 4.65. The van der Waals surface area contributed by atoms with E-state index in [0.717, 1.165) is 28.7 Å². The van der Waals surface area contributed by atoms with Crippen LogP contribution in [0, 0.1) is 6.92 Å². The van der Waals surface area contributed by atoms with Crippen LogP contribution in [0.15, 0.2) is 60.2 Å². The molecular formula is C17H20O. The fraction of sp³-hybridized carbons (Fsp3) is 0.235. The van der Waals surface area contributed by atoms with Crippen LogP contribution in [0.2, 0.25) is 0 Å². The molecule has 1 aromatic carbocycles. The number of Topliss-reactive ketones (excluding diaryl/α,β-unsaturated/α-hetero) is 1. The third-order valence-corrected chi connectivity index (χ3v) is 2.94. The van der Waals surface area contributed by atoms with Crippen molar-refractivity contribution in [3.8, 4) is 0 Å². The highest BCUT2D eigenvalue weighted by Crippen LogP contribution is 2.19. The van der Waals surface area contributed by atoms with Crippen molar-refractivity contribution in [3.63, 3.8) is 0 Å². The topological polar surface area (TPSA) is 17.1 Å². The second-order valence-electron chi connectivity index (χ2n) is 4.14. The number of ketones is 1. The smallest absolute Gasteiger partial charge is 0.193 e. The average Bonchev–Trinajstić information content (AvgIpc) is 2.39. The summed E-state index contributed by atoms with van der Waals surface area (Å²) in [7, 11) is 0. The zero-order chi connectivity index (χ0) is 13.5. The Morgan fingerprint density at radius 2 is 2.00 bits per heavy atom. The Kier molecular flexibility index (Phi) is 5.31. The van der Waals surface area contributed by atoms with Gasteiger partial charge in [0.1, 0.15) is 0 Å². The molecule has 0 heterocycles. The van der Waals surface area contributed by atoms with Crippen LogP contribution in [0.25, 0.3) is 0 Å². The third-order valence-electron chi connectivity index (χ3n) is 2.94. The maximum Gasteiger partial charge on any atom is 0.193 e. The molecule has 0 bridgehead atoms. The molecule has 0 unspecified atom stereocenters. The molecule has 0 fully saturated rings. The number of aryl methyl sites for hydroxylation is 1. The van der Waals surface area contributed by atoms with E-state index in [4.69, 9.17) is 0 Å². The summed E-state index contributed by atoms with van der Waals surface area (Å²) in [5, 5.41) is 0. The number of hydrogen-bond acceptors (Lipinski definition) is 1. The molecule has 1 aromatic rings. The number of hydrogen-bond donors (Lipinski definition) is 0. The molecule has 18 heavy (non-hydrogen) atoms. The molecule has 0 radical (unpaired) electrons. The molecule has 0 saturated heterocycles. The number of carbonyl (C=O) groups is 1. The highest BCUT2D eigenvalue weighted by Gasteiger charge is 2.14. The van der Waals surface area contributed by atoms with Gasteiger partial charge in [0.15, 0.2) is 5.78 Å². The lowest BCUT2D eigenvalue weighted by Crippen LogP contribution is -2.06. The Morgan fingerprint density at radius 3 is 2.50 bits per heavy atom. The molecule has 0 N–H and O–H groups in total. The number of allylic oxidation sites excluding steroid dienone is 5. The van der Waals surface area contributed by atoms with Crippen molar-refractivity contribution in [2.45, 2.75) is 27.2 Å². The van der Waals surface area contributed by atoms with Crippen LogP contribution in [0.3, 0.4) is 0 Å². The molecule has 0 aliphatic rings. The van der Waals surface area contributed by atoms with Gasteiger partial charge in [0, 0.05) is 11.1 Å². The van der Waals surface area contributed by atoms with E-state index in [2.05, 4.69) is 6.58 Å². The van der Waals surface area contributed by atoms with E-state index in [1.54, 1.807) is 6.08 Å². The third kappa shape index (κ3) is 3.07. The van der Waals surface area contributed by atoms with Crippen LogP contribution in [0.5, 0.6) is 0 Å². The average molecular weight is 240 g/mol. The molecule has 0 atom stereocenters. The van der Waals surface area contributed by atoms with Gasteiger partial charge in [-0.05, 0) is 31.4 Å². The van der Waals surface area contributed by atoms with Gasteiger partial charge in [-0.2, -0.15) is 0 Å². The molecule has 0 amide bonds. The van der Waals surface area contributed by atoms with E-state index in [1.807, 2.05) is 57.2 Å². The Morgan fingerprint density at radius 1 is 1.33 bits per heavy atom. The molecule has 1 nitrogen and oxygen atoms in total. The van der Waals surface area contributed by atoms with Crippen molar-refractivity contribution in [2.75, 3.05) is 0 Å². The van der Waals surface area contributed by atoms with Gasteiger partial charge in [-0.25, -0.2) is 0 Å². The molecule has 0 saturated carbocycles. The van der Waals surface area contributed by atoms with Gasteiger partial charge in [0.05, 0.1) is 0 Å². The van der Waals surface area contributed by atoms with Gasteiger partial charge in [-0.3, -0.25) is 4.79 Å². The van der Waals surface area contributed by atoms with Crippen molar-refractivity contribution < 1.29 is 4.79 Å². The van der Waals surface area contributed by atoms with Gasteiger partial charge < -0.3 is 0 Å². The number of benzene rings is 1. The van der Waals surface area contributed by atoms with Gasteiger partial charge in [0.25, 0.3) is 0 Å². The van der Waals surface area contributed by atoms with E-state index in [9.17, 15) is 4.79 Å². The Hall–Kier alpha value is -1.89. The first-order valence-electron chi connectivity index (χ1n) is 6.24. The van der Waals surface area contributed by atoms with E-state index in [-0.39, 0.29) is 5.78 Å². The molecule has 1 heteroatoms. The quantitative estimate of drug-likeness (QED) is 0.416. The highest BCUT2D eigenvalue weighted by atomic mass is 16.1. The number of carbonyl (C=O) groups excluding carboxylic acids is 1. The highest BCUT2D eigenvalue weighted by molar-refractivity contribution is 6.12. The zero-order valence-corrected chi connectivity index (χ0v) is 11.4. The van der Waals surface area contributed by atoms with E-state index >= 15 is 0 Å². The molecular weight excluding hydrogens is 220 g/mol. The van der Waals surface area contributed by atoms with Crippen LogP contribution in [0.4, 0.5) is 0 Å². The minimum atomic E-state index is 0.0722. The van der Waals surface area contributed by atoms with Gasteiger partial charge in [-0.15, -0.1) is 0 Å². The lowest BCUT2D eigenvalue weighted by molar-refractivity contribution is 0.103. The van der Waals surface area contributed by atoms with Crippen LogP contribution in [-0.4, -0.2) is 5.78 Å². The van der Waals surface area contributed by atoms with E-state index in [1.165, 1.54) is 0 Å². The summed E-state index contributed by atoms with van der Waals surface area (Å²) < 4.78 is 0. The lowest BCUT2D eigenvalue weighted by atomic mass is 9.94. The first kappa shape index (κ1) is 14.2. The molecule has 0 spiro atoms. The van der Waals surface area contributed by atoms with E-state index < -0.39 is 0 Å². The first-order chi connectivity index (χ1) is 8.65. The van der Waals surface area contributed by atoms with Crippen LogP contribution in [0.1, 0.15) is 36.2 Å². The standard InChI is InChI=1S/C17H20O/c1-5-10-16(14(6-2)7-3)17(18)15-12-9-8-11-13(15)4/h5-6,8-12H,2,7H2,1,3-4H3/b10-5-,16-14+. The maximum atomic E-state index is 12.6. The van der Waals surface area contributed by atoms with Crippen LogP contribution in [-0.2, 0) is 0 Å². The monoisotopic (exact) mass is 240 g/mol. The van der Waals surface area contributed by atoms with Crippen molar-refractivity contribution in [3.05, 3.63) is 71.3 Å². The largest absolute Gasteiger partial charge is 0.289 e. The Balaban J connectivity index is 3.33. The Bertz CT molecular complexity index is 504. The summed E-state index contributed by atoms with van der Waals surface area (Å²) in [5.41, 5.74) is 3.49. The summed E-state index contributed by atoms with van der Waals surface area (Å²) in [6, 6.07) is 7.67. The summed E-state index contributed by atoms with van der Waals surface area (Å²) >= 11 is 0.